The number of nitrogens with zero attached hydrogens (tertiary/aromatic N) is 12. The molecule has 0 bridgehead atoms. The lowest BCUT2D eigenvalue weighted by Crippen LogP contribution is -2.37. The highest BCUT2D eigenvalue weighted by atomic mass is 35.5. The summed E-state index contributed by atoms with van der Waals surface area (Å²) in [5.74, 6) is -2.00. The first-order valence-corrected chi connectivity index (χ1v) is 29.0. The molecule has 0 aliphatic heterocycles. The van der Waals surface area contributed by atoms with Crippen LogP contribution in [0.15, 0.2) is 88.6 Å². The first kappa shape index (κ1) is 60.5. The summed E-state index contributed by atoms with van der Waals surface area (Å²) in [4.78, 5) is 23.4. The minimum Gasteiger partial charge on any atom is -0.505 e. The number of phenols is 1. The van der Waals surface area contributed by atoms with Crippen molar-refractivity contribution in [2.45, 2.75) is 71.7 Å². The van der Waals surface area contributed by atoms with Gasteiger partial charge in [0.25, 0.3) is 30.4 Å². The summed E-state index contributed by atoms with van der Waals surface area (Å²) in [5.41, 5.74) is 2.08. The lowest BCUT2D eigenvalue weighted by molar-refractivity contribution is 0.176. The predicted molar refractivity (Wildman–Crippen MR) is 281 cm³/mol. The number of hydrogen-bond acceptors (Lipinski definition) is 28. The lowest BCUT2D eigenvalue weighted by Gasteiger charge is -2.25. The van der Waals surface area contributed by atoms with E-state index in [1.807, 2.05) is 0 Å². The molecule has 0 saturated carbocycles. The van der Waals surface area contributed by atoms with Crippen molar-refractivity contribution in [3.05, 3.63) is 59.1 Å². The molecule has 0 fully saturated rings. The second-order valence-corrected chi connectivity index (χ2v) is 24.0. The predicted octanol–water partition coefficient (Wildman–Crippen LogP) is 4.40. The number of benzene rings is 4. The number of nitrogen functional groups attached to an aromatic ring is 1. The van der Waals surface area contributed by atoms with Crippen LogP contribution in [0.4, 0.5) is 63.6 Å². The van der Waals surface area contributed by atoms with Crippen LogP contribution in [-0.2, 0) is 40.2 Å². The van der Waals surface area contributed by atoms with Gasteiger partial charge in [-0.25, -0.2) is 8.42 Å². The van der Waals surface area contributed by atoms with E-state index in [1.54, 1.807) is 0 Å². The Hall–Kier alpha value is -6.74. The largest absolute Gasteiger partial charge is 0.505 e. The fraction of sp³-hybridized carbons (Fsp3) is 0.317. The average Bonchev–Trinajstić information content (AvgIpc) is 3.43. The highest BCUT2D eigenvalue weighted by molar-refractivity contribution is 7.91. The molecule has 2 aromatic heterocycles. The Bertz CT molecular complexity index is 3560. The number of nitrogens with one attached hydrogen (secondary N) is 2. The number of nitrogens with two attached hydrogens (primary N) is 1. The third kappa shape index (κ3) is 15.3. The molecule has 31 nitrogen and oxygen atoms in total. The monoisotopic (exact) mass is 1200 g/mol. The maximum Gasteiger partial charge on any atom is 0.296 e. The first-order valence-electron chi connectivity index (χ1n) is 22.0. The Morgan fingerprint density at radius 1 is 0.551 bits per heavy atom. The zero-order chi connectivity index (χ0) is 58.0. The van der Waals surface area contributed by atoms with Crippen molar-refractivity contribution in [3.8, 4) is 5.75 Å². The molecule has 6 aromatic rings. The number of sulfone groups is 1. The van der Waals surface area contributed by atoms with Crippen molar-refractivity contribution in [3.63, 3.8) is 0 Å². The molecule has 37 heteroatoms. The maximum absolute atomic E-state index is 13.3. The van der Waals surface area contributed by atoms with E-state index in [-0.39, 0.29) is 71.9 Å². The smallest absolute Gasteiger partial charge is 0.296 e. The highest BCUT2D eigenvalue weighted by Gasteiger charge is 2.29. The summed E-state index contributed by atoms with van der Waals surface area (Å²) in [5, 5.41) is 70.8. The molecule has 4 aromatic carbocycles. The average molecular weight is 1210 g/mol. The van der Waals surface area contributed by atoms with Gasteiger partial charge in [-0.3, -0.25) is 13.7 Å². The molecule has 0 aliphatic carbocycles. The highest BCUT2D eigenvalue weighted by Crippen LogP contribution is 2.49. The van der Waals surface area contributed by atoms with E-state index in [0.29, 0.717) is 12.3 Å². The number of aromatic nitrogens is 6. The Balaban J connectivity index is 1.48. The lowest BCUT2D eigenvalue weighted by atomic mass is 10.1. The van der Waals surface area contributed by atoms with Gasteiger partial charge >= 0.3 is 0 Å². The zero-order valence-electron chi connectivity index (χ0n) is 40.9. The van der Waals surface area contributed by atoms with Crippen molar-refractivity contribution >= 4 is 138 Å². The number of halogens is 2. The van der Waals surface area contributed by atoms with Crippen molar-refractivity contribution in [2.24, 2.45) is 20.5 Å². The molecule has 0 radical (unpaired) electrons. The molecule has 12 N–H and O–H groups in total. The number of fused-ring (bicyclic) bond motifs is 1. The van der Waals surface area contributed by atoms with E-state index >= 15 is 0 Å². The van der Waals surface area contributed by atoms with Crippen molar-refractivity contribution < 1.29 is 72.9 Å². The zero-order valence-corrected chi connectivity index (χ0v) is 45.7. The molecular formula is C41H47Cl2N15O16S4. The van der Waals surface area contributed by atoms with E-state index in [1.165, 1.54) is 37.5 Å². The van der Waals surface area contributed by atoms with Gasteiger partial charge in [-0.15, -0.1) is 20.5 Å². The van der Waals surface area contributed by atoms with Gasteiger partial charge in [-0.1, -0.05) is 0 Å². The van der Waals surface area contributed by atoms with E-state index in [0.717, 1.165) is 42.5 Å². The number of hydrogen-bond donors (Lipinski definition) is 11. The van der Waals surface area contributed by atoms with Gasteiger partial charge in [0.1, 0.15) is 37.4 Å². The number of anilines is 7. The molecule has 420 valence electrons. The van der Waals surface area contributed by atoms with Crippen LogP contribution >= 0.6 is 23.2 Å². The minimum absolute atomic E-state index is 0.0513. The van der Waals surface area contributed by atoms with E-state index in [9.17, 15) is 72.9 Å². The van der Waals surface area contributed by atoms with Gasteiger partial charge < -0.3 is 51.7 Å². The quantitative estimate of drug-likeness (QED) is 0.0255. The van der Waals surface area contributed by atoms with Gasteiger partial charge in [-0.2, -0.15) is 55.2 Å². The second kappa shape index (κ2) is 23.7. The molecule has 4 atom stereocenters. The summed E-state index contributed by atoms with van der Waals surface area (Å²) >= 11 is 12.3. The van der Waals surface area contributed by atoms with Gasteiger partial charge in [0, 0.05) is 43.8 Å². The number of azo groups is 2. The summed E-state index contributed by atoms with van der Waals surface area (Å²) < 4.78 is 133. The number of aliphatic hydroxyl groups excluding tert-OH is 4. The summed E-state index contributed by atoms with van der Waals surface area (Å²) in [7, 11) is -20.3. The van der Waals surface area contributed by atoms with Crippen LogP contribution in [0.5, 0.6) is 5.75 Å². The van der Waals surface area contributed by atoms with Crippen LogP contribution < -0.4 is 26.2 Å². The normalized spacial score (nSPS) is 14.2. The van der Waals surface area contributed by atoms with Crippen molar-refractivity contribution in [1.82, 2.24) is 29.9 Å². The second-order valence-electron chi connectivity index (χ2n) is 17.2. The number of rotatable bonds is 22. The topological polar surface area (TPSA) is 482 Å². The summed E-state index contributed by atoms with van der Waals surface area (Å²) in [6, 6.07) is 7.18. The Morgan fingerprint density at radius 3 is 1.28 bits per heavy atom. The Morgan fingerprint density at radius 2 is 0.923 bits per heavy atom. The summed E-state index contributed by atoms with van der Waals surface area (Å²) in [6.45, 7) is 5.66. The molecule has 0 amide bonds. The molecule has 78 heavy (non-hydrogen) atoms. The van der Waals surface area contributed by atoms with Crippen LogP contribution in [-0.4, -0.2) is 160 Å². The third-order valence-electron chi connectivity index (χ3n) is 10.2. The van der Waals surface area contributed by atoms with E-state index < -0.39 is 129 Å². The third-order valence-corrected chi connectivity index (χ3v) is 14.3. The van der Waals surface area contributed by atoms with Crippen LogP contribution in [0.3, 0.4) is 0 Å². The molecular weight excluding hydrogens is 1160 g/mol. The fourth-order valence-corrected chi connectivity index (χ4v) is 10.3. The van der Waals surface area contributed by atoms with Gasteiger partial charge in [-0.05, 0) is 105 Å². The minimum atomic E-state index is -5.48. The van der Waals surface area contributed by atoms with Gasteiger partial charge in [0.05, 0.1) is 40.4 Å². The van der Waals surface area contributed by atoms with Crippen LogP contribution in [0.25, 0.3) is 10.8 Å². The van der Waals surface area contributed by atoms with Crippen LogP contribution in [0.2, 0.25) is 10.6 Å². The Labute approximate surface area is 453 Å². The number of phenolic OH excluding ortho intramolecular Hbond substituents is 1. The maximum atomic E-state index is 13.3. The van der Waals surface area contributed by atoms with E-state index in [4.69, 9.17) is 28.9 Å². The van der Waals surface area contributed by atoms with Gasteiger partial charge in [0.2, 0.25) is 34.4 Å². The number of aromatic hydroxyl groups is 1. The van der Waals surface area contributed by atoms with Crippen LogP contribution in [0, 0.1) is 0 Å². The standard InChI is InChI=1S/C41H47Cl2N15O16S4/c1-18(59)14-57(15-19(2)60)40-49-36(42)47-38(51-40)45-23-6-8-27(76(66,67)68)25(12-23)53-55-33-29(75(5,64)65)10-22-11-30(78(72,73)74)34(35(63)31(22)32(33)44)56-54-26-13-24(7-9-28(26)77(69,70)71)46-39-48-37(43)50-41(52-39)58(16-20(3)61)17-21(4)62/h6-13,18-21,59-63H,14-17,44H2,1-5H3,(H,66,67,68)(H,69,70,71)(H,72,73,74)(H,45,47,49,51)(H,46,48,50,52). The number of aliphatic hydroxyl groups is 4. The SMILES string of the molecule is CC(O)CN(CC(C)O)c1nc(Cl)nc(Nc2ccc(S(=O)(=O)O)c(N=Nc3c(S(C)(=O)=O)cc4cc(S(=O)(=O)O)c(N=Nc5cc(Nc6nc(Cl)nc(N(CC(C)O)CC(C)O)n6)ccc5S(=O)(=O)O)c(O)c4c3N)c2)n1. The molecule has 2 heterocycles. The molecule has 0 spiro atoms. The summed E-state index contributed by atoms with van der Waals surface area (Å²) in [6.07, 6.45) is -3.01. The van der Waals surface area contributed by atoms with Crippen molar-refractivity contribution in [2.75, 3.05) is 58.6 Å². The van der Waals surface area contributed by atoms with Crippen molar-refractivity contribution in [1.29, 1.82) is 0 Å². The Kier molecular flexibility index (Phi) is 18.4. The molecule has 6 rings (SSSR count). The molecule has 0 aliphatic rings. The fourth-order valence-electron chi connectivity index (χ4n) is 7.26. The molecule has 0 saturated heterocycles. The van der Waals surface area contributed by atoms with E-state index in [2.05, 4.69) is 61.0 Å². The molecule has 4 unspecified atom stereocenters. The van der Waals surface area contributed by atoms with Crippen LogP contribution in [0.1, 0.15) is 27.7 Å². The first-order chi connectivity index (χ1) is 36.1. The van der Waals surface area contributed by atoms with Gasteiger partial charge in [0.15, 0.2) is 15.6 Å².